The number of halogens is 2. The Hall–Kier alpha value is -1.65. The summed E-state index contributed by atoms with van der Waals surface area (Å²) in [5.41, 5.74) is 7.64. The van der Waals surface area contributed by atoms with Crippen LogP contribution in [0.3, 0.4) is 0 Å². The van der Waals surface area contributed by atoms with E-state index >= 15 is 0 Å². The first-order valence-electron chi connectivity index (χ1n) is 5.53. The summed E-state index contributed by atoms with van der Waals surface area (Å²) in [6.45, 7) is 3.55. The third kappa shape index (κ3) is 2.23. The topological polar surface area (TPSA) is 43.8 Å². The molecule has 0 bridgehead atoms. The molecule has 5 heteroatoms. The number of hydrogen-bond donors (Lipinski definition) is 1. The Morgan fingerprint density at radius 1 is 1.35 bits per heavy atom. The average molecular weight is 239 g/mol. The second-order valence-corrected chi connectivity index (χ2v) is 4.37. The van der Waals surface area contributed by atoms with Crippen molar-refractivity contribution in [2.45, 2.75) is 32.7 Å². The van der Waals surface area contributed by atoms with Gasteiger partial charge in [-0.05, 0) is 18.2 Å². The Morgan fingerprint density at radius 2 is 2.06 bits per heavy atom. The lowest BCUT2D eigenvalue weighted by Gasteiger charge is -2.10. The number of hydrogen-bond acceptors (Lipinski definition) is 2. The SMILES string of the molecule is CC(C)c1nc2cc(N)ccc2n1CC(F)F. The number of imidazole rings is 1. The average Bonchev–Trinajstić information content (AvgIpc) is 2.55. The van der Waals surface area contributed by atoms with E-state index in [1.54, 1.807) is 22.8 Å². The number of anilines is 1. The lowest BCUT2D eigenvalue weighted by molar-refractivity contribution is 0.126. The van der Waals surface area contributed by atoms with Crippen molar-refractivity contribution in [3.05, 3.63) is 24.0 Å². The third-order valence-electron chi connectivity index (χ3n) is 2.64. The first-order chi connectivity index (χ1) is 7.99. The van der Waals surface area contributed by atoms with Crippen molar-refractivity contribution in [1.82, 2.24) is 9.55 Å². The van der Waals surface area contributed by atoms with E-state index in [1.807, 2.05) is 13.8 Å². The summed E-state index contributed by atoms with van der Waals surface area (Å²) in [6.07, 6.45) is -2.39. The first-order valence-corrected chi connectivity index (χ1v) is 5.53. The van der Waals surface area contributed by atoms with Crippen molar-refractivity contribution in [2.75, 3.05) is 5.73 Å². The molecule has 0 atom stereocenters. The van der Waals surface area contributed by atoms with Gasteiger partial charge in [0.15, 0.2) is 0 Å². The van der Waals surface area contributed by atoms with Gasteiger partial charge in [0, 0.05) is 11.6 Å². The zero-order chi connectivity index (χ0) is 12.6. The number of benzene rings is 1. The van der Waals surface area contributed by atoms with Crippen molar-refractivity contribution in [1.29, 1.82) is 0 Å². The summed E-state index contributed by atoms with van der Waals surface area (Å²) in [6, 6.07) is 5.16. The van der Waals surface area contributed by atoms with E-state index in [-0.39, 0.29) is 12.5 Å². The van der Waals surface area contributed by atoms with E-state index in [0.717, 1.165) is 0 Å². The molecule has 1 aromatic carbocycles. The van der Waals surface area contributed by atoms with Crippen LogP contribution in [0, 0.1) is 0 Å². The van der Waals surface area contributed by atoms with Gasteiger partial charge in [0.1, 0.15) is 5.82 Å². The molecule has 17 heavy (non-hydrogen) atoms. The molecule has 0 aliphatic rings. The van der Waals surface area contributed by atoms with Crippen molar-refractivity contribution < 1.29 is 8.78 Å². The predicted molar refractivity (Wildman–Crippen MR) is 64.2 cm³/mol. The van der Waals surface area contributed by atoms with Crippen LogP contribution in [0.1, 0.15) is 25.6 Å². The van der Waals surface area contributed by atoms with Crippen LogP contribution in [0.2, 0.25) is 0 Å². The highest BCUT2D eigenvalue weighted by Gasteiger charge is 2.16. The van der Waals surface area contributed by atoms with Gasteiger partial charge in [0.25, 0.3) is 6.43 Å². The summed E-state index contributed by atoms with van der Waals surface area (Å²) >= 11 is 0. The Kier molecular flexibility index (Phi) is 3.00. The first kappa shape index (κ1) is 11.8. The van der Waals surface area contributed by atoms with Gasteiger partial charge < -0.3 is 10.3 Å². The number of nitrogens with zero attached hydrogens (tertiary/aromatic N) is 2. The van der Waals surface area contributed by atoms with Crippen LogP contribution in [-0.4, -0.2) is 16.0 Å². The number of fused-ring (bicyclic) bond motifs is 1. The molecular weight excluding hydrogens is 224 g/mol. The van der Waals surface area contributed by atoms with E-state index in [9.17, 15) is 8.78 Å². The normalized spacial score (nSPS) is 11.9. The van der Waals surface area contributed by atoms with Gasteiger partial charge in [-0.15, -0.1) is 0 Å². The fourth-order valence-electron chi connectivity index (χ4n) is 1.94. The Labute approximate surface area is 98.2 Å². The maximum absolute atomic E-state index is 12.6. The second-order valence-electron chi connectivity index (χ2n) is 4.37. The lowest BCUT2D eigenvalue weighted by atomic mass is 10.2. The summed E-state index contributed by atoms with van der Waals surface area (Å²) < 4.78 is 26.7. The van der Waals surface area contributed by atoms with Gasteiger partial charge in [-0.2, -0.15) is 0 Å². The van der Waals surface area contributed by atoms with Gasteiger partial charge >= 0.3 is 0 Å². The van der Waals surface area contributed by atoms with Crippen LogP contribution in [0.25, 0.3) is 11.0 Å². The van der Waals surface area contributed by atoms with Crippen LogP contribution >= 0.6 is 0 Å². The van der Waals surface area contributed by atoms with Crippen LogP contribution in [0.4, 0.5) is 14.5 Å². The number of alkyl halides is 2. The van der Waals surface area contributed by atoms with Crippen molar-refractivity contribution in [2.24, 2.45) is 0 Å². The highest BCUT2D eigenvalue weighted by atomic mass is 19.3. The molecule has 0 amide bonds. The van der Waals surface area contributed by atoms with Gasteiger partial charge in [-0.1, -0.05) is 13.8 Å². The highest BCUT2D eigenvalue weighted by Crippen LogP contribution is 2.24. The number of aromatic nitrogens is 2. The lowest BCUT2D eigenvalue weighted by Crippen LogP contribution is -2.11. The number of nitrogen functional groups attached to an aromatic ring is 1. The summed E-state index contributed by atoms with van der Waals surface area (Å²) in [5, 5.41) is 0. The summed E-state index contributed by atoms with van der Waals surface area (Å²) in [5.74, 6) is 0.772. The molecule has 0 radical (unpaired) electrons. The van der Waals surface area contributed by atoms with E-state index < -0.39 is 6.43 Å². The molecule has 2 aromatic rings. The van der Waals surface area contributed by atoms with Crippen LogP contribution in [0.15, 0.2) is 18.2 Å². The highest BCUT2D eigenvalue weighted by molar-refractivity contribution is 5.79. The third-order valence-corrected chi connectivity index (χ3v) is 2.64. The van der Waals surface area contributed by atoms with Crippen molar-refractivity contribution in [3.8, 4) is 0 Å². The summed E-state index contributed by atoms with van der Waals surface area (Å²) in [4.78, 5) is 4.38. The van der Waals surface area contributed by atoms with Crippen LogP contribution in [0.5, 0.6) is 0 Å². The Bertz CT molecular complexity index is 532. The fraction of sp³-hybridized carbons (Fsp3) is 0.417. The molecule has 0 aliphatic carbocycles. The number of rotatable bonds is 3. The van der Waals surface area contributed by atoms with Crippen molar-refractivity contribution >= 4 is 16.7 Å². The minimum Gasteiger partial charge on any atom is -0.399 e. The van der Waals surface area contributed by atoms with Gasteiger partial charge in [0.05, 0.1) is 17.6 Å². The second kappa shape index (κ2) is 4.31. The minimum absolute atomic E-state index is 0.0994. The minimum atomic E-state index is -2.39. The smallest absolute Gasteiger partial charge is 0.256 e. The largest absolute Gasteiger partial charge is 0.399 e. The monoisotopic (exact) mass is 239 g/mol. The van der Waals surface area contributed by atoms with Gasteiger partial charge in [-0.25, -0.2) is 13.8 Å². The molecule has 2 N–H and O–H groups in total. The Morgan fingerprint density at radius 3 is 2.65 bits per heavy atom. The van der Waals surface area contributed by atoms with Gasteiger partial charge in [0.2, 0.25) is 0 Å². The predicted octanol–water partition coefficient (Wildman–Crippen LogP) is 3.01. The quantitative estimate of drug-likeness (QED) is 0.837. The molecule has 1 aromatic heterocycles. The molecule has 0 fully saturated rings. The molecule has 92 valence electrons. The zero-order valence-electron chi connectivity index (χ0n) is 9.82. The molecule has 0 spiro atoms. The standard InChI is InChI=1S/C12H15F2N3/c1-7(2)12-16-9-5-8(15)3-4-10(9)17(12)6-11(13)14/h3-5,7,11H,6,15H2,1-2H3. The zero-order valence-corrected chi connectivity index (χ0v) is 9.82. The Balaban J connectivity index is 2.62. The van der Waals surface area contributed by atoms with E-state index in [0.29, 0.717) is 22.5 Å². The molecule has 0 unspecified atom stereocenters. The number of nitrogens with two attached hydrogens (primary N) is 1. The van der Waals surface area contributed by atoms with Crippen molar-refractivity contribution in [3.63, 3.8) is 0 Å². The van der Waals surface area contributed by atoms with E-state index in [1.165, 1.54) is 0 Å². The van der Waals surface area contributed by atoms with Gasteiger partial charge in [-0.3, -0.25) is 0 Å². The maximum atomic E-state index is 12.6. The molecule has 0 aliphatic heterocycles. The molecule has 3 nitrogen and oxygen atoms in total. The molecule has 2 rings (SSSR count). The van der Waals surface area contributed by atoms with E-state index in [2.05, 4.69) is 4.98 Å². The van der Waals surface area contributed by atoms with E-state index in [4.69, 9.17) is 5.73 Å². The fourth-order valence-corrected chi connectivity index (χ4v) is 1.94. The van der Waals surface area contributed by atoms with Crippen LogP contribution in [-0.2, 0) is 6.54 Å². The molecular formula is C12H15F2N3. The molecule has 0 saturated carbocycles. The van der Waals surface area contributed by atoms with Crippen LogP contribution < -0.4 is 5.73 Å². The molecule has 1 heterocycles. The molecule has 0 saturated heterocycles. The maximum Gasteiger partial charge on any atom is 0.256 e. The summed E-state index contributed by atoms with van der Waals surface area (Å²) in [7, 11) is 0.